The molecule has 0 saturated carbocycles. The quantitative estimate of drug-likeness (QED) is 0.470. The fourth-order valence-corrected chi connectivity index (χ4v) is 1.31. The van der Waals surface area contributed by atoms with Gasteiger partial charge in [0, 0.05) is 12.6 Å². The number of nitrogens with one attached hydrogen (secondary N) is 1. The first-order valence-corrected chi connectivity index (χ1v) is 4.77. The summed E-state index contributed by atoms with van der Waals surface area (Å²) in [5.74, 6) is 0.299. The molecule has 0 heterocycles. The Kier molecular flexibility index (Phi) is 4.24. The predicted molar refractivity (Wildman–Crippen MR) is 58.4 cm³/mol. The lowest BCUT2D eigenvalue weighted by atomic mass is 10.1. The second-order valence-electron chi connectivity index (χ2n) is 3.04. The van der Waals surface area contributed by atoms with E-state index >= 15 is 0 Å². The molecule has 1 N–H and O–H groups in total. The summed E-state index contributed by atoms with van der Waals surface area (Å²) < 4.78 is 13.5. The smallest absolute Gasteiger partial charge is 0.152 e. The van der Waals surface area contributed by atoms with E-state index in [4.69, 9.17) is 4.84 Å². The summed E-state index contributed by atoms with van der Waals surface area (Å²) in [6, 6.07) is 5.02. The molecule has 0 atom stereocenters. The summed E-state index contributed by atoms with van der Waals surface area (Å²) in [5, 5.41) is 0. The van der Waals surface area contributed by atoms with Gasteiger partial charge < -0.3 is 0 Å². The number of nitrogens with zero attached hydrogens (tertiary/aromatic N) is 1. The number of aryl methyl sites for hydroxylation is 1. The predicted octanol–water partition coefficient (Wildman–Crippen LogP) is 1.92. The highest BCUT2D eigenvalue weighted by Crippen LogP contribution is 2.11. The molecule has 0 saturated heterocycles. The van der Waals surface area contributed by atoms with Crippen LogP contribution in [0.1, 0.15) is 18.1 Å². The number of benzene rings is 1. The van der Waals surface area contributed by atoms with Crippen LogP contribution >= 0.6 is 0 Å². The minimum atomic E-state index is -0.214. The highest BCUT2D eigenvalue weighted by molar-refractivity contribution is 5.98. The maximum absolute atomic E-state index is 13.5. The van der Waals surface area contributed by atoms with E-state index in [2.05, 4.69) is 10.5 Å². The SMILES string of the molecule is CCc1ccc(C(=NC)NOC)cc1F. The first-order chi connectivity index (χ1) is 7.22. The monoisotopic (exact) mass is 210 g/mol. The van der Waals surface area contributed by atoms with Crippen LogP contribution in [0.3, 0.4) is 0 Å². The Labute approximate surface area is 88.9 Å². The normalized spacial score (nSPS) is 11.6. The van der Waals surface area contributed by atoms with Gasteiger partial charge in [0.15, 0.2) is 5.84 Å². The number of rotatable bonds is 3. The molecule has 0 bridgehead atoms. The molecule has 1 aromatic carbocycles. The van der Waals surface area contributed by atoms with Crippen molar-refractivity contribution in [1.82, 2.24) is 5.48 Å². The van der Waals surface area contributed by atoms with Gasteiger partial charge in [0.25, 0.3) is 0 Å². The van der Waals surface area contributed by atoms with Gasteiger partial charge >= 0.3 is 0 Å². The summed E-state index contributed by atoms with van der Waals surface area (Å²) in [6.45, 7) is 1.92. The minimum Gasteiger partial charge on any atom is -0.278 e. The third kappa shape index (κ3) is 2.76. The second kappa shape index (κ2) is 5.46. The van der Waals surface area contributed by atoms with Crippen molar-refractivity contribution in [3.05, 3.63) is 35.1 Å². The van der Waals surface area contributed by atoms with E-state index in [0.717, 1.165) is 0 Å². The Balaban J connectivity index is 3.00. The number of halogens is 1. The van der Waals surface area contributed by atoms with Gasteiger partial charge in [0.1, 0.15) is 5.82 Å². The molecule has 4 heteroatoms. The van der Waals surface area contributed by atoms with Crippen LogP contribution in [0.2, 0.25) is 0 Å². The molecule has 0 aliphatic carbocycles. The maximum Gasteiger partial charge on any atom is 0.152 e. The van der Waals surface area contributed by atoms with Gasteiger partial charge in [-0.3, -0.25) is 9.83 Å². The van der Waals surface area contributed by atoms with Crippen molar-refractivity contribution in [3.63, 3.8) is 0 Å². The Morgan fingerprint density at radius 1 is 1.53 bits per heavy atom. The van der Waals surface area contributed by atoms with Crippen LogP contribution in [0.5, 0.6) is 0 Å². The molecule has 1 rings (SSSR count). The topological polar surface area (TPSA) is 33.6 Å². The van der Waals surface area contributed by atoms with E-state index in [1.54, 1.807) is 13.1 Å². The summed E-state index contributed by atoms with van der Waals surface area (Å²) in [6.07, 6.45) is 0.683. The molecule has 0 aromatic heterocycles. The zero-order valence-electron chi connectivity index (χ0n) is 9.17. The minimum absolute atomic E-state index is 0.214. The van der Waals surface area contributed by atoms with E-state index in [1.165, 1.54) is 13.2 Å². The molecule has 0 amide bonds. The van der Waals surface area contributed by atoms with Gasteiger partial charge in [0.05, 0.1) is 7.11 Å². The number of hydrogen-bond donors (Lipinski definition) is 1. The molecule has 15 heavy (non-hydrogen) atoms. The zero-order valence-corrected chi connectivity index (χ0v) is 9.17. The molecule has 0 unspecified atom stereocenters. The van der Waals surface area contributed by atoms with Crippen LogP contribution in [-0.4, -0.2) is 20.0 Å². The van der Waals surface area contributed by atoms with Crippen LogP contribution in [-0.2, 0) is 11.3 Å². The molecular formula is C11H15FN2O. The van der Waals surface area contributed by atoms with Crippen LogP contribution in [0.15, 0.2) is 23.2 Å². The highest BCUT2D eigenvalue weighted by Gasteiger charge is 2.06. The Morgan fingerprint density at radius 2 is 2.27 bits per heavy atom. The largest absolute Gasteiger partial charge is 0.278 e. The van der Waals surface area contributed by atoms with E-state index in [1.807, 2.05) is 13.0 Å². The van der Waals surface area contributed by atoms with Crippen molar-refractivity contribution in [2.24, 2.45) is 4.99 Å². The average Bonchev–Trinajstić information content (AvgIpc) is 2.25. The van der Waals surface area contributed by atoms with Crippen molar-refractivity contribution in [2.75, 3.05) is 14.2 Å². The number of amidine groups is 1. The van der Waals surface area contributed by atoms with Gasteiger partial charge in [-0.2, -0.15) is 0 Å². The van der Waals surface area contributed by atoms with E-state index < -0.39 is 0 Å². The van der Waals surface area contributed by atoms with Crippen LogP contribution in [0.25, 0.3) is 0 Å². The molecule has 1 aromatic rings. The molecule has 3 nitrogen and oxygen atoms in total. The fourth-order valence-electron chi connectivity index (χ4n) is 1.31. The van der Waals surface area contributed by atoms with Gasteiger partial charge in [-0.15, -0.1) is 0 Å². The van der Waals surface area contributed by atoms with Gasteiger partial charge in [-0.25, -0.2) is 9.87 Å². The summed E-state index contributed by atoms with van der Waals surface area (Å²) in [7, 11) is 3.11. The number of hydrogen-bond acceptors (Lipinski definition) is 2. The van der Waals surface area contributed by atoms with Crippen molar-refractivity contribution in [3.8, 4) is 0 Å². The van der Waals surface area contributed by atoms with E-state index in [9.17, 15) is 4.39 Å². The summed E-state index contributed by atoms with van der Waals surface area (Å²) in [4.78, 5) is 8.70. The Bertz CT molecular complexity index is 364. The Morgan fingerprint density at radius 3 is 2.73 bits per heavy atom. The zero-order chi connectivity index (χ0) is 11.3. The van der Waals surface area contributed by atoms with Crippen molar-refractivity contribution >= 4 is 5.84 Å². The highest BCUT2D eigenvalue weighted by atomic mass is 19.1. The van der Waals surface area contributed by atoms with Crippen LogP contribution < -0.4 is 5.48 Å². The third-order valence-electron chi connectivity index (χ3n) is 2.13. The molecule has 0 aliphatic heterocycles. The summed E-state index contributed by atoms with van der Waals surface area (Å²) in [5.41, 5.74) is 3.97. The van der Waals surface area contributed by atoms with Gasteiger partial charge in [0.2, 0.25) is 0 Å². The van der Waals surface area contributed by atoms with E-state index in [-0.39, 0.29) is 5.82 Å². The lowest BCUT2D eigenvalue weighted by molar-refractivity contribution is 0.145. The summed E-state index contributed by atoms with van der Waals surface area (Å²) >= 11 is 0. The van der Waals surface area contributed by atoms with Crippen molar-refractivity contribution in [2.45, 2.75) is 13.3 Å². The van der Waals surface area contributed by atoms with Crippen molar-refractivity contribution < 1.29 is 9.23 Å². The standard InChI is InChI=1S/C11H15FN2O/c1-4-8-5-6-9(7-10(8)12)11(13-2)14-15-3/h5-7H,4H2,1-3H3,(H,13,14). The van der Waals surface area contributed by atoms with E-state index in [0.29, 0.717) is 23.4 Å². The number of hydroxylamine groups is 1. The molecule has 0 aliphatic rings. The molecule has 82 valence electrons. The molecule has 0 fully saturated rings. The van der Waals surface area contributed by atoms with Gasteiger partial charge in [-0.1, -0.05) is 19.1 Å². The van der Waals surface area contributed by atoms with Gasteiger partial charge in [-0.05, 0) is 18.1 Å². The maximum atomic E-state index is 13.5. The molecule has 0 spiro atoms. The van der Waals surface area contributed by atoms with Crippen LogP contribution in [0.4, 0.5) is 4.39 Å². The number of aliphatic imine (C=N–C) groups is 1. The molecule has 0 radical (unpaired) electrons. The van der Waals surface area contributed by atoms with Crippen molar-refractivity contribution in [1.29, 1.82) is 0 Å². The lowest BCUT2D eigenvalue weighted by Crippen LogP contribution is -2.23. The Hall–Kier alpha value is -1.42. The first kappa shape index (κ1) is 11.7. The molecular weight excluding hydrogens is 195 g/mol. The fraction of sp³-hybridized carbons (Fsp3) is 0.364. The average molecular weight is 210 g/mol. The lowest BCUT2D eigenvalue weighted by Gasteiger charge is -2.08. The second-order valence-corrected chi connectivity index (χ2v) is 3.04. The third-order valence-corrected chi connectivity index (χ3v) is 2.13. The van der Waals surface area contributed by atoms with Crippen LogP contribution in [0, 0.1) is 5.82 Å². The first-order valence-electron chi connectivity index (χ1n) is 4.77.